The van der Waals surface area contributed by atoms with Crippen molar-refractivity contribution in [3.63, 3.8) is 0 Å². The van der Waals surface area contributed by atoms with Crippen LogP contribution in [0.3, 0.4) is 0 Å². The van der Waals surface area contributed by atoms with Gasteiger partial charge >= 0.3 is 12.1 Å². The lowest BCUT2D eigenvalue weighted by molar-refractivity contribution is -0.118. The maximum Gasteiger partial charge on any atom is 0.407 e. The molecule has 0 spiro atoms. The summed E-state index contributed by atoms with van der Waals surface area (Å²) in [7, 11) is 2.94. The van der Waals surface area contributed by atoms with E-state index < -0.39 is 24.0 Å². The Labute approximate surface area is 201 Å². The number of nitrogens with zero attached hydrogens (tertiary/aromatic N) is 2. The third-order valence-corrected chi connectivity index (χ3v) is 5.91. The van der Waals surface area contributed by atoms with Gasteiger partial charge in [0, 0.05) is 39.2 Å². The fraction of sp³-hybridized carbons (Fsp3) is 0.280. The van der Waals surface area contributed by atoms with Crippen LogP contribution in [0.2, 0.25) is 0 Å². The number of nitrogens with one attached hydrogen (secondary N) is 2. The number of ether oxygens (including phenoxy) is 2. The molecule has 0 saturated heterocycles. The molecule has 1 atom stereocenters. The Bertz CT molecular complexity index is 1210. The summed E-state index contributed by atoms with van der Waals surface area (Å²) >= 11 is 0. The highest BCUT2D eigenvalue weighted by Gasteiger charge is 2.30. The van der Waals surface area contributed by atoms with Crippen molar-refractivity contribution >= 4 is 23.8 Å². The second-order valence-corrected chi connectivity index (χ2v) is 8.14. The minimum atomic E-state index is -1.17. The highest BCUT2D eigenvalue weighted by Crippen LogP contribution is 2.44. The largest absolute Gasteiger partial charge is 0.477 e. The molecule has 0 bridgehead atoms. The fourth-order valence-corrected chi connectivity index (χ4v) is 4.23. The Morgan fingerprint density at radius 2 is 1.71 bits per heavy atom. The molecule has 2 aromatic carbocycles. The SMILES string of the molecule is COCCC(NC(=O)OCC1c2ccccc2-c2ccccc21)C(=O)Nc1cc(C(=O)O)n(C)n1. The number of methoxy groups -OCH3 is 1. The van der Waals surface area contributed by atoms with Crippen LogP contribution in [0.1, 0.15) is 34.0 Å². The number of aromatic carboxylic acids is 1. The molecule has 1 aliphatic rings. The van der Waals surface area contributed by atoms with Gasteiger partial charge in [-0.1, -0.05) is 48.5 Å². The Kier molecular flexibility index (Phi) is 7.11. The van der Waals surface area contributed by atoms with Crippen LogP contribution >= 0.6 is 0 Å². The van der Waals surface area contributed by atoms with Gasteiger partial charge in [0.2, 0.25) is 5.91 Å². The van der Waals surface area contributed by atoms with Gasteiger partial charge in [0.25, 0.3) is 0 Å². The molecule has 182 valence electrons. The van der Waals surface area contributed by atoms with Crippen LogP contribution in [-0.2, 0) is 21.3 Å². The fourth-order valence-electron chi connectivity index (χ4n) is 4.23. The van der Waals surface area contributed by atoms with E-state index in [9.17, 15) is 14.4 Å². The molecule has 1 aromatic heterocycles. The van der Waals surface area contributed by atoms with E-state index in [0.717, 1.165) is 26.9 Å². The van der Waals surface area contributed by atoms with Gasteiger partial charge in [0.05, 0.1) is 0 Å². The second-order valence-electron chi connectivity index (χ2n) is 8.14. The number of fused-ring (bicyclic) bond motifs is 3. The average Bonchev–Trinajstić information content (AvgIpc) is 3.37. The summed E-state index contributed by atoms with van der Waals surface area (Å²) in [6, 6.07) is 16.3. The van der Waals surface area contributed by atoms with Gasteiger partial charge in [-0.2, -0.15) is 5.10 Å². The molecular formula is C25H26N4O6. The highest BCUT2D eigenvalue weighted by atomic mass is 16.5. The van der Waals surface area contributed by atoms with E-state index in [4.69, 9.17) is 14.6 Å². The number of carbonyl (C=O) groups excluding carboxylic acids is 2. The zero-order chi connectivity index (χ0) is 24.9. The number of hydrogen-bond donors (Lipinski definition) is 3. The van der Waals surface area contributed by atoms with Crippen LogP contribution in [0, 0.1) is 0 Å². The van der Waals surface area contributed by atoms with E-state index >= 15 is 0 Å². The van der Waals surface area contributed by atoms with E-state index in [1.54, 1.807) is 0 Å². The number of amides is 2. The maximum atomic E-state index is 12.8. The number of carboxylic acids is 1. The van der Waals surface area contributed by atoms with Gasteiger partial charge in [0.15, 0.2) is 5.82 Å². The molecule has 3 aromatic rings. The van der Waals surface area contributed by atoms with Crippen LogP contribution in [0.15, 0.2) is 54.6 Å². The monoisotopic (exact) mass is 478 g/mol. The van der Waals surface area contributed by atoms with Gasteiger partial charge in [-0.05, 0) is 22.3 Å². The van der Waals surface area contributed by atoms with Gasteiger partial charge in [-0.3, -0.25) is 9.48 Å². The number of carbonyl (C=O) groups is 3. The molecule has 0 fully saturated rings. The molecule has 1 heterocycles. The molecule has 10 nitrogen and oxygen atoms in total. The lowest BCUT2D eigenvalue weighted by Crippen LogP contribution is -2.45. The van der Waals surface area contributed by atoms with Crippen molar-refractivity contribution in [1.82, 2.24) is 15.1 Å². The standard InChI is InChI=1S/C25H26N4O6/c1-29-21(24(31)32)13-22(28-29)27-23(30)20(11-12-34-2)26-25(33)35-14-19-17-9-5-3-7-15(17)16-8-4-6-10-18(16)19/h3-10,13,19-20H,11-12,14H2,1-2H3,(H,26,33)(H,31,32)(H,27,28,30). The topological polar surface area (TPSA) is 132 Å². The highest BCUT2D eigenvalue weighted by molar-refractivity contribution is 5.97. The number of rotatable bonds is 9. The second kappa shape index (κ2) is 10.4. The van der Waals surface area contributed by atoms with Crippen molar-refractivity contribution in [2.24, 2.45) is 7.05 Å². The molecule has 4 rings (SSSR count). The van der Waals surface area contributed by atoms with Crippen LogP contribution < -0.4 is 10.6 Å². The van der Waals surface area contributed by atoms with E-state index in [1.165, 1.54) is 20.2 Å². The molecule has 2 amide bonds. The molecule has 10 heteroatoms. The third kappa shape index (κ3) is 5.17. The van der Waals surface area contributed by atoms with Crippen LogP contribution in [0.25, 0.3) is 11.1 Å². The number of carboxylic acid groups (broad SMARTS) is 1. The first-order valence-electron chi connectivity index (χ1n) is 11.1. The Hall–Kier alpha value is -4.18. The lowest BCUT2D eigenvalue weighted by Gasteiger charge is -2.19. The van der Waals surface area contributed by atoms with E-state index in [0.29, 0.717) is 0 Å². The predicted octanol–water partition coefficient (Wildman–Crippen LogP) is 3.00. The summed E-state index contributed by atoms with van der Waals surface area (Å²) in [5.41, 5.74) is 4.31. The lowest BCUT2D eigenvalue weighted by atomic mass is 9.98. The normalized spacial score (nSPS) is 13.0. The van der Waals surface area contributed by atoms with E-state index in [2.05, 4.69) is 15.7 Å². The average molecular weight is 479 g/mol. The number of benzene rings is 2. The Balaban J connectivity index is 1.41. The van der Waals surface area contributed by atoms with Crippen LogP contribution in [0.4, 0.5) is 10.6 Å². The molecule has 1 unspecified atom stereocenters. The molecule has 0 aliphatic heterocycles. The quantitative estimate of drug-likeness (QED) is 0.431. The van der Waals surface area contributed by atoms with E-state index in [1.807, 2.05) is 48.5 Å². The van der Waals surface area contributed by atoms with Gasteiger partial charge in [-0.15, -0.1) is 0 Å². The molecule has 1 aliphatic carbocycles. The molecule has 0 radical (unpaired) electrons. The van der Waals surface area contributed by atoms with Crippen molar-refractivity contribution in [2.75, 3.05) is 25.6 Å². The Morgan fingerprint density at radius 3 is 2.29 bits per heavy atom. The zero-order valence-electron chi connectivity index (χ0n) is 19.4. The van der Waals surface area contributed by atoms with Crippen molar-refractivity contribution in [1.29, 1.82) is 0 Å². The van der Waals surface area contributed by atoms with Crippen LogP contribution in [0.5, 0.6) is 0 Å². The van der Waals surface area contributed by atoms with Gasteiger partial charge in [0.1, 0.15) is 18.3 Å². The first kappa shape index (κ1) is 24.0. The maximum absolute atomic E-state index is 12.8. The summed E-state index contributed by atoms with van der Waals surface area (Å²) < 4.78 is 11.7. The van der Waals surface area contributed by atoms with E-state index in [-0.39, 0.29) is 37.1 Å². The summed E-state index contributed by atoms with van der Waals surface area (Å²) in [6.45, 7) is 0.324. The van der Waals surface area contributed by atoms with Crippen molar-refractivity contribution in [3.05, 3.63) is 71.4 Å². The minimum Gasteiger partial charge on any atom is -0.477 e. The number of hydrogen-bond acceptors (Lipinski definition) is 6. The first-order chi connectivity index (χ1) is 16.9. The van der Waals surface area contributed by atoms with Gasteiger partial charge in [-0.25, -0.2) is 9.59 Å². The zero-order valence-corrected chi connectivity index (χ0v) is 19.4. The van der Waals surface area contributed by atoms with Crippen LogP contribution in [-0.4, -0.2) is 59.2 Å². The third-order valence-electron chi connectivity index (χ3n) is 5.91. The molecule has 3 N–H and O–H groups in total. The summed E-state index contributed by atoms with van der Waals surface area (Å²) in [5.74, 6) is -1.78. The summed E-state index contributed by atoms with van der Waals surface area (Å²) in [6.07, 6.45) is -0.555. The first-order valence-corrected chi connectivity index (χ1v) is 11.1. The number of anilines is 1. The minimum absolute atomic E-state index is 0.0617. The number of aryl methyl sites for hydroxylation is 1. The van der Waals surface area contributed by atoms with Gasteiger partial charge < -0.3 is 25.2 Å². The van der Waals surface area contributed by atoms with Crippen molar-refractivity contribution in [2.45, 2.75) is 18.4 Å². The smallest absolute Gasteiger partial charge is 0.407 e. The molecule has 0 saturated carbocycles. The summed E-state index contributed by atoms with van der Waals surface area (Å²) in [4.78, 5) is 36.7. The Morgan fingerprint density at radius 1 is 1.09 bits per heavy atom. The molecule has 35 heavy (non-hydrogen) atoms. The van der Waals surface area contributed by atoms with Crippen molar-refractivity contribution < 1.29 is 29.0 Å². The number of alkyl carbamates (subject to hydrolysis) is 1. The predicted molar refractivity (Wildman–Crippen MR) is 127 cm³/mol. The number of aromatic nitrogens is 2. The molecular weight excluding hydrogens is 452 g/mol. The van der Waals surface area contributed by atoms with Crippen molar-refractivity contribution in [3.8, 4) is 11.1 Å². The summed E-state index contributed by atoms with van der Waals surface area (Å²) in [5, 5.41) is 18.3.